The van der Waals surface area contributed by atoms with Gasteiger partial charge in [0.05, 0.1) is 19.0 Å². The van der Waals surface area contributed by atoms with Gasteiger partial charge in [-0.15, -0.1) is 0 Å². The molecule has 1 N–H and O–H groups in total. The number of pyridine rings is 1. The summed E-state index contributed by atoms with van der Waals surface area (Å²) >= 11 is 0. The van der Waals surface area contributed by atoms with Crippen molar-refractivity contribution in [3.8, 4) is 11.6 Å². The summed E-state index contributed by atoms with van der Waals surface area (Å²) in [5.41, 5.74) is 2.77. The molecule has 0 unspecified atom stereocenters. The SMILES string of the molecule is COc1ccc(NC(=O)COc2ccc3oc4c(c3c2)CCCC4)cn1. The standard InChI is InChI=1S/C20H20N2O4/c1-24-20-9-6-13(11-21-20)22-19(23)12-25-14-7-8-18-16(10-14)15-4-2-3-5-17(15)26-18/h6-11H,2-5,12H2,1H3,(H,22,23). The summed E-state index contributed by atoms with van der Waals surface area (Å²) in [6.45, 7) is -0.0718. The number of hydrogen-bond donors (Lipinski definition) is 1. The number of nitrogens with one attached hydrogen (secondary N) is 1. The van der Waals surface area contributed by atoms with Gasteiger partial charge in [-0.05, 0) is 43.5 Å². The number of fused-ring (bicyclic) bond motifs is 3. The fraction of sp³-hybridized carbons (Fsp3) is 0.300. The molecule has 3 aromatic rings. The van der Waals surface area contributed by atoms with E-state index in [1.54, 1.807) is 25.4 Å². The van der Waals surface area contributed by atoms with E-state index in [-0.39, 0.29) is 12.5 Å². The van der Waals surface area contributed by atoms with Crippen LogP contribution in [-0.4, -0.2) is 24.6 Å². The van der Waals surface area contributed by atoms with E-state index in [1.807, 2.05) is 18.2 Å². The van der Waals surface area contributed by atoms with Crippen molar-refractivity contribution in [2.24, 2.45) is 0 Å². The van der Waals surface area contributed by atoms with E-state index in [9.17, 15) is 4.79 Å². The van der Waals surface area contributed by atoms with Gasteiger partial charge in [0.25, 0.3) is 5.91 Å². The summed E-state index contributed by atoms with van der Waals surface area (Å²) in [6.07, 6.45) is 5.94. The lowest BCUT2D eigenvalue weighted by Gasteiger charge is -2.09. The van der Waals surface area contributed by atoms with Crippen molar-refractivity contribution in [2.75, 3.05) is 19.0 Å². The summed E-state index contributed by atoms with van der Waals surface area (Å²) in [4.78, 5) is 16.1. The number of methoxy groups -OCH3 is 1. The Hall–Kier alpha value is -3.02. The third-order valence-corrected chi connectivity index (χ3v) is 4.53. The van der Waals surface area contributed by atoms with Gasteiger partial charge in [0.1, 0.15) is 17.1 Å². The van der Waals surface area contributed by atoms with Gasteiger partial charge >= 0.3 is 0 Å². The second-order valence-corrected chi connectivity index (χ2v) is 6.29. The Kier molecular flexibility index (Phi) is 4.48. The molecule has 0 saturated carbocycles. The number of benzene rings is 1. The molecule has 0 saturated heterocycles. The lowest BCUT2D eigenvalue weighted by molar-refractivity contribution is -0.118. The highest BCUT2D eigenvalue weighted by Crippen LogP contribution is 2.33. The summed E-state index contributed by atoms with van der Waals surface area (Å²) in [7, 11) is 1.54. The van der Waals surface area contributed by atoms with Crippen LogP contribution in [0.15, 0.2) is 40.9 Å². The summed E-state index contributed by atoms with van der Waals surface area (Å²) in [6, 6.07) is 9.12. The minimum absolute atomic E-state index is 0.0718. The molecule has 0 radical (unpaired) electrons. The molecule has 0 spiro atoms. The Balaban J connectivity index is 1.41. The highest BCUT2D eigenvalue weighted by atomic mass is 16.5. The van der Waals surface area contributed by atoms with E-state index in [4.69, 9.17) is 13.9 Å². The minimum Gasteiger partial charge on any atom is -0.484 e. The number of carbonyl (C=O) groups is 1. The van der Waals surface area contributed by atoms with Crippen molar-refractivity contribution >= 4 is 22.6 Å². The van der Waals surface area contributed by atoms with E-state index in [0.29, 0.717) is 17.3 Å². The molecule has 0 atom stereocenters. The lowest BCUT2D eigenvalue weighted by atomic mass is 9.96. The Labute approximate surface area is 151 Å². The van der Waals surface area contributed by atoms with Crippen LogP contribution in [0.3, 0.4) is 0 Å². The maximum absolute atomic E-state index is 12.1. The van der Waals surface area contributed by atoms with E-state index < -0.39 is 0 Å². The van der Waals surface area contributed by atoms with Crippen molar-refractivity contribution in [2.45, 2.75) is 25.7 Å². The molecule has 1 aromatic carbocycles. The van der Waals surface area contributed by atoms with Crippen molar-refractivity contribution in [1.29, 1.82) is 0 Å². The number of anilines is 1. The number of nitrogens with zero attached hydrogens (tertiary/aromatic N) is 1. The first kappa shape index (κ1) is 16.4. The van der Waals surface area contributed by atoms with Crippen molar-refractivity contribution in [3.63, 3.8) is 0 Å². The Morgan fingerprint density at radius 3 is 2.92 bits per heavy atom. The van der Waals surface area contributed by atoms with Gasteiger partial charge < -0.3 is 19.2 Å². The maximum Gasteiger partial charge on any atom is 0.262 e. The lowest BCUT2D eigenvalue weighted by Crippen LogP contribution is -2.20. The maximum atomic E-state index is 12.1. The van der Waals surface area contributed by atoms with Gasteiger partial charge in [0.15, 0.2) is 6.61 Å². The van der Waals surface area contributed by atoms with E-state index in [1.165, 1.54) is 18.4 Å². The van der Waals surface area contributed by atoms with Crippen LogP contribution in [0.4, 0.5) is 5.69 Å². The van der Waals surface area contributed by atoms with Gasteiger partial charge in [-0.2, -0.15) is 0 Å². The smallest absolute Gasteiger partial charge is 0.262 e. The van der Waals surface area contributed by atoms with E-state index >= 15 is 0 Å². The number of ether oxygens (including phenoxy) is 2. The minimum atomic E-state index is -0.244. The molecule has 2 aromatic heterocycles. The number of aryl methyl sites for hydroxylation is 2. The Bertz CT molecular complexity index is 931. The number of furan rings is 1. The summed E-state index contributed by atoms with van der Waals surface area (Å²) < 4.78 is 16.6. The summed E-state index contributed by atoms with van der Waals surface area (Å²) in [5, 5.41) is 3.84. The molecule has 1 amide bonds. The van der Waals surface area contributed by atoms with Gasteiger partial charge in [0.2, 0.25) is 5.88 Å². The van der Waals surface area contributed by atoms with Gasteiger partial charge in [-0.25, -0.2) is 4.98 Å². The van der Waals surface area contributed by atoms with Gasteiger partial charge in [0, 0.05) is 23.4 Å². The normalized spacial score (nSPS) is 13.3. The number of hydrogen-bond acceptors (Lipinski definition) is 5. The monoisotopic (exact) mass is 352 g/mol. The largest absolute Gasteiger partial charge is 0.484 e. The van der Waals surface area contributed by atoms with Crippen molar-refractivity contribution in [1.82, 2.24) is 4.98 Å². The third kappa shape index (κ3) is 3.35. The van der Waals surface area contributed by atoms with Crippen LogP contribution >= 0.6 is 0 Å². The predicted octanol–water partition coefficient (Wildman–Crippen LogP) is 3.73. The zero-order chi connectivity index (χ0) is 17.9. The Morgan fingerprint density at radius 1 is 1.23 bits per heavy atom. The average molecular weight is 352 g/mol. The van der Waals surface area contributed by atoms with E-state index in [0.717, 1.165) is 29.6 Å². The number of carbonyl (C=O) groups excluding carboxylic acids is 1. The average Bonchev–Trinajstić information content (AvgIpc) is 3.05. The van der Waals surface area contributed by atoms with Crippen molar-refractivity contribution in [3.05, 3.63) is 47.9 Å². The highest BCUT2D eigenvalue weighted by molar-refractivity contribution is 5.92. The predicted molar refractivity (Wildman–Crippen MR) is 97.8 cm³/mol. The number of rotatable bonds is 5. The van der Waals surface area contributed by atoms with Crippen LogP contribution < -0.4 is 14.8 Å². The first-order valence-corrected chi connectivity index (χ1v) is 8.70. The topological polar surface area (TPSA) is 73.6 Å². The molecule has 1 aliphatic carbocycles. The second-order valence-electron chi connectivity index (χ2n) is 6.29. The fourth-order valence-electron chi connectivity index (χ4n) is 3.25. The van der Waals surface area contributed by atoms with Crippen molar-refractivity contribution < 1.29 is 18.7 Å². The zero-order valence-corrected chi connectivity index (χ0v) is 14.6. The molecule has 26 heavy (non-hydrogen) atoms. The number of amides is 1. The van der Waals surface area contributed by atoms with Gasteiger partial charge in [-0.1, -0.05) is 0 Å². The van der Waals surface area contributed by atoms with Crippen LogP contribution in [0.2, 0.25) is 0 Å². The molecule has 4 rings (SSSR count). The molecule has 0 aliphatic heterocycles. The molecule has 0 bridgehead atoms. The fourth-order valence-corrected chi connectivity index (χ4v) is 3.25. The number of aromatic nitrogens is 1. The molecular weight excluding hydrogens is 332 g/mol. The summed E-state index contributed by atoms with van der Waals surface area (Å²) in [5.74, 6) is 2.00. The van der Waals surface area contributed by atoms with Crippen LogP contribution in [0, 0.1) is 0 Å². The molecule has 6 heteroatoms. The second kappa shape index (κ2) is 7.07. The molecular formula is C20H20N2O4. The van der Waals surface area contributed by atoms with Crippen LogP contribution in [-0.2, 0) is 17.6 Å². The first-order valence-electron chi connectivity index (χ1n) is 8.70. The molecule has 134 valence electrons. The molecule has 1 aliphatic rings. The first-order chi connectivity index (χ1) is 12.7. The van der Waals surface area contributed by atoms with Crippen LogP contribution in [0.25, 0.3) is 11.0 Å². The molecule has 0 fully saturated rings. The highest BCUT2D eigenvalue weighted by Gasteiger charge is 2.18. The zero-order valence-electron chi connectivity index (χ0n) is 14.6. The van der Waals surface area contributed by atoms with E-state index in [2.05, 4.69) is 10.3 Å². The van der Waals surface area contributed by atoms with Gasteiger partial charge in [-0.3, -0.25) is 4.79 Å². The quantitative estimate of drug-likeness (QED) is 0.757. The van der Waals surface area contributed by atoms with Crippen LogP contribution in [0.5, 0.6) is 11.6 Å². The van der Waals surface area contributed by atoms with Crippen LogP contribution in [0.1, 0.15) is 24.2 Å². The third-order valence-electron chi connectivity index (χ3n) is 4.53. The molecule has 2 heterocycles. The Morgan fingerprint density at radius 2 is 2.12 bits per heavy atom. The molecule has 6 nitrogen and oxygen atoms in total.